The molecular weight excluding hydrogens is 574 g/mol. The Kier molecular flexibility index (Phi) is 5.29. The third kappa shape index (κ3) is 2.73. The lowest BCUT2D eigenvalue weighted by Crippen LogP contribution is -2.50. The van der Waals surface area contributed by atoms with Gasteiger partial charge in [-0.05, 0) is 73.0 Å². The highest BCUT2D eigenvalue weighted by Crippen LogP contribution is 2.65. The highest BCUT2D eigenvalue weighted by Gasteiger charge is 2.67. The molecule has 0 saturated heterocycles. The second-order valence-electron chi connectivity index (χ2n) is 11.3. The average Bonchev–Trinajstić information content (AvgIpc) is 3.08. The van der Waals surface area contributed by atoms with E-state index in [1.807, 2.05) is 0 Å². The maximum absolute atomic E-state index is 13.6. The first-order chi connectivity index (χ1) is 13.2. The first kappa shape index (κ1) is 20.7. The van der Waals surface area contributed by atoms with Crippen LogP contribution in [0.1, 0.15) is 53.4 Å². The molecule has 0 amide bonds. The van der Waals surface area contributed by atoms with Crippen LogP contribution in [-0.4, -0.2) is 19.4 Å². The van der Waals surface area contributed by atoms with E-state index in [0.717, 1.165) is 12.8 Å². The maximum Gasteiger partial charge on any atom is 0.140 e. The highest BCUT2D eigenvalue weighted by atomic mass is 127. The zero-order chi connectivity index (χ0) is 20.1. The number of alkyl halides is 2. The van der Waals surface area contributed by atoms with Gasteiger partial charge in [0.25, 0.3) is 0 Å². The second kappa shape index (κ2) is 7.16. The van der Waals surface area contributed by atoms with Gasteiger partial charge >= 0.3 is 0 Å². The topological polar surface area (TPSA) is 34.1 Å². The average molecular weight is 608 g/mol. The van der Waals surface area contributed by atoms with E-state index in [-0.39, 0.29) is 23.7 Å². The third-order valence-corrected chi connectivity index (χ3v) is 13.4. The Hall–Kier alpha value is 0.800. The number of fused-ring (bicyclic) bond motifs is 6. The fourth-order valence-electron chi connectivity index (χ4n) is 8.26. The lowest BCUT2D eigenvalue weighted by molar-refractivity contribution is -0.128. The molecule has 0 aromatic rings. The SMILES string of the molecule is CC1CC2C(=O)C3C(I)C4C5CC(C)C(C)CC5C(=O)C4C(I)C3C2CC1C. The molecule has 0 radical (unpaired) electrons. The van der Waals surface area contributed by atoms with E-state index >= 15 is 0 Å². The predicted molar refractivity (Wildman–Crippen MR) is 129 cm³/mol. The van der Waals surface area contributed by atoms with Crippen LogP contribution < -0.4 is 0 Å². The molecule has 2 nitrogen and oxygen atoms in total. The monoisotopic (exact) mass is 608 g/mol. The van der Waals surface area contributed by atoms with E-state index in [1.54, 1.807) is 0 Å². The van der Waals surface area contributed by atoms with E-state index in [4.69, 9.17) is 0 Å². The van der Waals surface area contributed by atoms with Crippen LogP contribution in [0.3, 0.4) is 0 Å². The van der Waals surface area contributed by atoms with Crippen molar-refractivity contribution in [3.63, 3.8) is 0 Å². The van der Waals surface area contributed by atoms with Crippen molar-refractivity contribution in [2.24, 2.45) is 71.0 Å². The number of carbonyl (C=O) groups excluding carboxylic acids is 2. The number of hydrogen-bond acceptors (Lipinski definition) is 2. The van der Waals surface area contributed by atoms with Crippen molar-refractivity contribution in [3.8, 4) is 0 Å². The van der Waals surface area contributed by atoms with E-state index in [2.05, 4.69) is 72.9 Å². The van der Waals surface area contributed by atoms with E-state index in [9.17, 15) is 9.59 Å². The summed E-state index contributed by atoms with van der Waals surface area (Å²) in [6.45, 7) is 9.44. The third-order valence-electron chi connectivity index (χ3n) is 10.1. The van der Waals surface area contributed by atoms with E-state index in [0.29, 0.717) is 66.8 Å². The van der Waals surface area contributed by atoms with Gasteiger partial charge in [-0.3, -0.25) is 9.59 Å². The molecule has 4 heteroatoms. The summed E-state index contributed by atoms with van der Waals surface area (Å²) in [6.07, 6.45) is 4.59. The number of rotatable bonds is 0. The molecule has 0 aromatic heterocycles. The molecule has 14 unspecified atom stereocenters. The fourth-order valence-corrected chi connectivity index (χ4v) is 11.9. The van der Waals surface area contributed by atoms with E-state index < -0.39 is 0 Å². The van der Waals surface area contributed by atoms with Crippen LogP contribution in [0.2, 0.25) is 0 Å². The molecule has 5 fully saturated rings. The lowest BCUT2D eigenvalue weighted by atomic mass is 9.62. The van der Waals surface area contributed by atoms with Gasteiger partial charge in [-0.25, -0.2) is 0 Å². The Labute approximate surface area is 197 Å². The van der Waals surface area contributed by atoms with Gasteiger partial charge in [0, 0.05) is 31.5 Å². The number of hydrogen-bond donors (Lipinski definition) is 0. The summed E-state index contributed by atoms with van der Waals surface area (Å²) in [5.41, 5.74) is 0. The number of ketones is 2. The summed E-state index contributed by atoms with van der Waals surface area (Å²) in [7, 11) is 0. The largest absolute Gasteiger partial charge is 0.299 e. The van der Waals surface area contributed by atoms with Crippen molar-refractivity contribution in [2.75, 3.05) is 0 Å². The molecule has 0 heterocycles. The van der Waals surface area contributed by atoms with Gasteiger partial charge in [0.05, 0.1) is 0 Å². The van der Waals surface area contributed by atoms with Crippen LogP contribution >= 0.6 is 45.2 Å². The molecule has 0 bridgehead atoms. The fraction of sp³-hybridized carbons (Fsp3) is 0.917. The molecule has 0 N–H and O–H groups in total. The molecule has 5 aliphatic carbocycles. The van der Waals surface area contributed by atoms with Gasteiger partial charge < -0.3 is 0 Å². The smallest absolute Gasteiger partial charge is 0.140 e. The second-order valence-corrected chi connectivity index (χ2v) is 14.2. The molecule has 0 aliphatic heterocycles. The maximum atomic E-state index is 13.6. The van der Waals surface area contributed by atoms with Gasteiger partial charge in [-0.15, -0.1) is 0 Å². The molecule has 5 aliphatic rings. The Morgan fingerprint density at radius 2 is 0.929 bits per heavy atom. The summed E-state index contributed by atoms with van der Waals surface area (Å²) in [6, 6.07) is 0. The standard InChI is InChI=1S/C24H34I2O2/c1-9-5-13-15(7-11(9)3)23(27)19-17(13)21(25)20-18(22(19)26)14-6-10(2)12(4)8-16(14)24(20)28/h9-22H,5-8H2,1-4H3. The molecule has 0 aromatic carbocycles. The molecule has 0 spiro atoms. The van der Waals surface area contributed by atoms with Gasteiger partial charge in [0.15, 0.2) is 0 Å². The van der Waals surface area contributed by atoms with Crippen LogP contribution in [0, 0.1) is 71.0 Å². The minimum Gasteiger partial charge on any atom is -0.299 e. The summed E-state index contributed by atoms with van der Waals surface area (Å²) in [4.78, 5) is 27.3. The zero-order valence-corrected chi connectivity index (χ0v) is 21.8. The van der Waals surface area contributed by atoms with Crippen LogP contribution in [0.25, 0.3) is 0 Å². The van der Waals surface area contributed by atoms with E-state index in [1.165, 1.54) is 12.8 Å². The van der Waals surface area contributed by atoms with Crippen molar-refractivity contribution in [1.29, 1.82) is 0 Å². The van der Waals surface area contributed by atoms with Crippen molar-refractivity contribution in [1.82, 2.24) is 0 Å². The quantitative estimate of drug-likeness (QED) is 0.256. The predicted octanol–water partition coefficient (Wildman–Crippen LogP) is 5.83. The minimum atomic E-state index is 0.220. The number of Topliss-reactive ketones (excluding diaryl/α,β-unsaturated/α-hetero) is 2. The van der Waals surface area contributed by atoms with Crippen molar-refractivity contribution < 1.29 is 9.59 Å². The molecule has 5 rings (SSSR count). The molecule has 156 valence electrons. The van der Waals surface area contributed by atoms with Crippen LogP contribution in [-0.2, 0) is 9.59 Å². The van der Waals surface area contributed by atoms with Gasteiger partial charge in [-0.2, -0.15) is 0 Å². The summed E-state index contributed by atoms with van der Waals surface area (Å²) in [5.74, 6) is 6.91. The van der Waals surface area contributed by atoms with Crippen LogP contribution in [0.5, 0.6) is 0 Å². The first-order valence-corrected chi connectivity index (χ1v) is 14.1. The van der Waals surface area contributed by atoms with Crippen molar-refractivity contribution in [3.05, 3.63) is 0 Å². The Morgan fingerprint density at radius 1 is 0.607 bits per heavy atom. The lowest BCUT2D eigenvalue weighted by Gasteiger charge is -2.47. The van der Waals surface area contributed by atoms with Crippen LogP contribution in [0.15, 0.2) is 0 Å². The van der Waals surface area contributed by atoms with Crippen LogP contribution in [0.4, 0.5) is 0 Å². The minimum absolute atomic E-state index is 0.220. The Morgan fingerprint density at radius 3 is 1.29 bits per heavy atom. The van der Waals surface area contributed by atoms with Crippen molar-refractivity contribution >= 4 is 56.7 Å². The highest BCUT2D eigenvalue weighted by molar-refractivity contribution is 14.1. The van der Waals surface area contributed by atoms with Gasteiger partial charge in [0.1, 0.15) is 11.6 Å². The molecule has 28 heavy (non-hydrogen) atoms. The number of carbonyl (C=O) groups is 2. The Bertz CT molecular complexity index is 634. The summed E-state index contributed by atoms with van der Waals surface area (Å²) in [5, 5.41) is 0. The Balaban J connectivity index is 1.51. The molecule has 5 saturated carbocycles. The van der Waals surface area contributed by atoms with Gasteiger partial charge in [0.2, 0.25) is 0 Å². The summed E-state index contributed by atoms with van der Waals surface area (Å²) < 4.78 is 0.753. The van der Waals surface area contributed by atoms with Gasteiger partial charge in [-0.1, -0.05) is 72.9 Å². The number of halogens is 2. The summed E-state index contributed by atoms with van der Waals surface area (Å²) >= 11 is 5.27. The molecular formula is C24H34I2O2. The zero-order valence-electron chi connectivity index (χ0n) is 17.5. The molecule has 14 atom stereocenters. The normalized spacial score (nSPS) is 60.8. The first-order valence-electron chi connectivity index (χ1n) is 11.6. The van der Waals surface area contributed by atoms with Crippen molar-refractivity contribution in [2.45, 2.75) is 61.2 Å².